The lowest BCUT2D eigenvalue weighted by atomic mass is 10.1. The molecule has 116 valence electrons. The molecule has 0 saturated carbocycles. The number of nitrogens with one attached hydrogen (secondary N) is 1. The van der Waals surface area contributed by atoms with Crippen LogP contribution in [0.4, 0.5) is 0 Å². The van der Waals surface area contributed by atoms with E-state index in [9.17, 15) is 4.79 Å². The molecule has 0 amide bonds. The van der Waals surface area contributed by atoms with E-state index in [1.807, 2.05) is 30.3 Å². The van der Waals surface area contributed by atoms with Crippen molar-refractivity contribution in [3.05, 3.63) is 76.6 Å². The maximum absolute atomic E-state index is 12.1. The highest BCUT2D eigenvalue weighted by Gasteiger charge is 2.10. The van der Waals surface area contributed by atoms with Crippen molar-refractivity contribution in [3.8, 4) is 0 Å². The van der Waals surface area contributed by atoms with E-state index >= 15 is 0 Å². The third kappa shape index (κ3) is 4.43. The first kappa shape index (κ1) is 15.8. The fraction of sp³-hybridized carbons (Fsp3) is 0.118. The Kier molecular flexibility index (Phi) is 5.10. The molecule has 0 fully saturated rings. The van der Waals surface area contributed by atoms with Crippen LogP contribution in [0.5, 0.6) is 0 Å². The monoisotopic (exact) mass is 343 g/mol. The molecule has 1 N–H and O–H groups in total. The van der Waals surface area contributed by atoms with Crippen molar-refractivity contribution >= 4 is 29.1 Å². The highest BCUT2D eigenvalue weighted by molar-refractivity contribution is 7.99. The number of aromatic nitrogens is 3. The fourth-order valence-electron chi connectivity index (χ4n) is 2.06. The van der Waals surface area contributed by atoms with Crippen LogP contribution in [0.25, 0.3) is 0 Å². The number of thioether (sulfide) groups is 1. The zero-order chi connectivity index (χ0) is 16.1. The van der Waals surface area contributed by atoms with Gasteiger partial charge in [0.05, 0.1) is 5.75 Å². The molecule has 4 nitrogen and oxygen atoms in total. The SMILES string of the molecule is O=C(CSc1n[nH]c(Cc2ccccc2)n1)c1ccc(Cl)cc1. The highest BCUT2D eigenvalue weighted by Crippen LogP contribution is 2.17. The maximum Gasteiger partial charge on any atom is 0.208 e. The first-order valence-corrected chi connectivity index (χ1v) is 8.44. The summed E-state index contributed by atoms with van der Waals surface area (Å²) in [6.45, 7) is 0. The van der Waals surface area contributed by atoms with E-state index in [4.69, 9.17) is 11.6 Å². The summed E-state index contributed by atoms with van der Waals surface area (Å²) >= 11 is 7.14. The number of Topliss-reactive ketones (excluding diaryl/α,β-unsaturated/α-hetero) is 1. The number of carbonyl (C=O) groups is 1. The van der Waals surface area contributed by atoms with Gasteiger partial charge < -0.3 is 0 Å². The quantitative estimate of drug-likeness (QED) is 0.542. The number of aromatic amines is 1. The predicted octanol–water partition coefficient (Wildman–Crippen LogP) is 4.02. The largest absolute Gasteiger partial charge is 0.293 e. The van der Waals surface area contributed by atoms with Gasteiger partial charge >= 0.3 is 0 Å². The number of benzene rings is 2. The van der Waals surface area contributed by atoms with Gasteiger partial charge in [0.2, 0.25) is 5.16 Å². The first-order chi connectivity index (χ1) is 11.2. The van der Waals surface area contributed by atoms with Crippen molar-refractivity contribution in [1.82, 2.24) is 15.2 Å². The van der Waals surface area contributed by atoms with Crippen LogP contribution in [-0.2, 0) is 6.42 Å². The second kappa shape index (κ2) is 7.44. The van der Waals surface area contributed by atoms with Gasteiger partial charge in [-0.15, -0.1) is 5.10 Å². The number of halogens is 1. The van der Waals surface area contributed by atoms with Crippen molar-refractivity contribution in [2.45, 2.75) is 11.6 Å². The van der Waals surface area contributed by atoms with Crippen LogP contribution < -0.4 is 0 Å². The summed E-state index contributed by atoms with van der Waals surface area (Å²) in [5.74, 6) is 1.11. The number of H-pyrrole nitrogens is 1. The van der Waals surface area contributed by atoms with Crippen molar-refractivity contribution in [1.29, 1.82) is 0 Å². The van der Waals surface area contributed by atoms with E-state index in [1.54, 1.807) is 24.3 Å². The second-order valence-corrected chi connectivity index (χ2v) is 6.32. The number of rotatable bonds is 6. The molecule has 3 aromatic rings. The minimum Gasteiger partial charge on any atom is -0.293 e. The molecule has 2 aromatic carbocycles. The van der Waals surface area contributed by atoms with E-state index in [-0.39, 0.29) is 5.78 Å². The third-order valence-corrected chi connectivity index (χ3v) is 4.32. The van der Waals surface area contributed by atoms with E-state index in [1.165, 1.54) is 11.8 Å². The summed E-state index contributed by atoms with van der Waals surface area (Å²) in [6, 6.07) is 16.9. The van der Waals surface area contributed by atoms with Crippen LogP contribution in [0.1, 0.15) is 21.7 Å². The van der Waals surface area contributed by atoms with Crippen LogP contribution in [0.2, 0.25) is 5.02 Å². The Morgan fingerprint density at radius 1 is 1.09 bits per heavy atom. The van der Waals surface area contributed by atoms with Crippen molar-refractivity contribution in [2.75, 3.05) is 5.75 Å². The van der Waals surface area contributed by atoms with Gasteiger partial charge in [-0.3, -0.25) is 9.89 Å². The molecule has 0 spiro atoms. The number of hydrogen-bond acceptors (Lipinski definition) is 4. The third-order valence-electron chi connectivity index (χ3n) is 3.22. The number of nitrogens with zero attached hydrogens (tertiary/aromatic N) is 2. The zero-order valence-electron chi connectivity index (χ0n) is 12.2. The predicted molar refractivity (Wildman–Crippen MR) is 92.1 cm³/mol. The molecular weight excluding hydrogens is 330 g/mol. The summed E-state index contributed by atoms with van der Waals surface area (Å²) in [7, 11) is 0. The lowest BCUT2D eigenvalue weighted by Crippen LogP contribution is -2.02. The molecule has 23 heavy (non-hydrogen) atoms. The van der Waals surface area contributed by atoms with E-state index in [2.05, 4.69) is 15.2 Å². The molecule has 0 atom stereocenters. The Morgan fingerprint density at radius 2 is 1.83 bits per heavy atom. The lowest BCUT2D eigenvalue weighted by molar-refractivity contribution is 0.102. The van der Waals surface area contributed by atoms with Crippen LogP contribution in [0.3, 0.4) is 0 Å². The molecule has 0 bridgehead atoms. The summed E-state index contributed by atoms with van der Waals surface area (Å²) in [5.41, 5.74) is 1.80. The van der Waals surface area contributed by atoms with Crippen molar-refractivity contribution in [2.24, 2.45) is 0 Å². The molecular formula is C17H14ClN3OS. The molecule has 0 unspecified atom stereocenters. The molecule has 1 heterocycles. The van der Waals surface area contributed by atoms with Crippen molar-refractivity contribution in [3.63, 3.8) is 0 Å². The number of ketones is 1. The minimum atomic E-state index is 0.0288. The average Bonchev–Trinajstić information content (AvgIpc) is 3.02. The van der Waals surface area contributed by atoms with Gasteiger partial charge in [0.25, 0.3) is 0 Å². The molecule has 1 aromatic heterocycles. The summed E-state index contributed by atoms with van der Waals surface area (Å²) in [5, 5.41) is 8.26. The smallest absolute Gasteiger partial charge is 0.208 e. The van der Waals surface area contributed by atoms with Crippen LogP contribution in [0, 0.1) is 0 Å². The van der Waals surface area contributed by atoms with Crippen LogP contribution >= 0.6 is 23.4 Å². The summed E-state index contributed by atoms with van der Waals surface area (Å²) < 4.78 is 0. The van der Waals surface area contributed by atoms with Gasteiger partial charge in [-0.05, 0) is 29.8 Å². The Morgan fingerprint density at radius 3 is 2.57 bits per heavy atom. The summed E-state index contributed by atoms with van der Waals surface area (Å²) in [6.07, 6.45) is 0.694. The average molecular weight is 344 g/mol. The molecule has 0 saturated heterocycles. The van der Waals surface area contributed by atoms with E-state index in [0.717, 1.165) is 11.4 Å². The lowest BCUT2D eigenvalue weighted by Gasteiger charge is -1.99. The highest BCUT2D eigenvalue weighted by atomic mass is 35.5. The molecule has 6 heteroatoms. The summed E-state index contributed by atoms with van der Waals surface area (Å²) in [4.78, 5) is 16.5. The fourth-order valence-corrected chi connectivity index (χ4v) is 2.90. The maximum atomic E-state index is 12.1. The molecule has 3 rings (SSSR count). The molecule has 0 aliphatic heterocycles. The van der Waals surface area contributed by atoms with Gasteiger partial charge in [0.15, 0.2) is 5.78 Å². The van der Waals surface area contributed by atoms with Gasteiger partial charge in [-0.1, -0.05) is 53.7 Å². The standard InChI is InChI=1S/C17H14ClN3OS/c18-14-8-6-13(7-9-14)15(22)11-23-17-19-16(20-21-17)10-12-4-2-1-3-5-12/h1-9H,10-11H2,(H,19,20,21). The topological polar surface area (TPSA) is 58.6 Å². The first-order valence-electron chi connectivity index (χ1n) is 7.07. The Bertz CT molecular complexity index is 787. The normalized spacial score (nSPS) is 10.7. The van der Waals surface area contributed by atoms with Gasteiger partial charge in [-0.25, -0.2) is 4.98 Å². The van der Waals surface area contributed by atoms with E-state index < -0.39 is 0 Å². The van der Waals surface area contributed by atoms with Gasteiger partial charge in [0.1, 0.15) is 5.82 Å². The Balaban J connectivity index is 1.57. The number of carbonyl (C=O) groups excluding carboxylic acids is 1. The van der Waals surface area contributed by atoms with Crippen molar-refractivity contribution < 1.29 is 4.79 Å². The van der Waals surface area contributed by atoms with Gasteiger partial charge in [-0.2, -0.15) is 0 Å². The number of hydrogen-bond donors (Lipinski definition) is 1. The molecule has 0 radical (unpaired) electrons. The second-order valence-electron chi connectivity index (χ2n) is 4.95. The Labute approximate surface area is 143 Å². The van der Waals surface area contributed by atoms with Gasteiger partial charge in [0, 0.05) is 17.0 Å². The Hall–Kier alpha value is -2.11. The molecule has 0 aliphatic rings. The van der Waals surface area contributed by atoms with E-state index in [0.29, 0.717) is 27.9 Å². The van der Waals surface area contributed by atoms with Crippen LogP contribution in [0.15, 0.2) is 59.8 Å². The van der Waals surface area contributed by atoms with Crippen LogP contribution in [-0.4, -0.2) is 26.7 Å². The zero-order valence-corrected chi connectivity index (χ0v) is 13.8. The minimum absolute atomic E-state index is 0.0288. The molecule has 0 aliphatic carbocycles.